The molecule has 0 spiro atoms. The van der Waals surface area contributed by atoms with E-state index in [-0.39, 0.29) is 25.2 Å². The van der Waals surface area contributed by atoms with E-state index in [1.165, 1.54) is 0 Å². The van der Waals surface area contributed by atoms with Gasteiger partial charge in [-0.25, -0.2) is 0 Å². The van der Waals surface area contributed by atoms with Crippen LogP contribution in [0.2, 0.25) is 0 Å². The van der Waals surface area contributed by atoms with Crippen LogP contribution < -0.4 is 10.1 Å². The van der Waals surface area contributed by atoms with E-state index in [0.717, 1.165) is 0 Å². The number of hydrogen-bond acceptors (Lipinski definition) is 4. The standard InChI is InChI=1S/C15H19NO5/c1-9(2)21-11-5-3-4-10(6-11)14(17)16-13-8-20-7-12(13)15(18)19/h3-6,9,12-13H,7-8H2,1-2H3,(H,16,17)(H,18,19). The van der Waals surface area contributed by atoms with Crippen LogP contribution in [0.5, 0.6) is 5.75 Å². The molecule has 21 heavy (non-hydrogen) atoms. The molecule has 0 saturated carbocycles. The largest absolute Gasteiger partial charge is 0.491 e. The van der Waals surface area contributed by atoms with Gasteiger partial charge in [-0.15, -0.1) is 0 Å². The highest BCUT2D eigenvalue weighted by atomic mass is 16.5. The molecular formula is C15H19NO5. The molecular weight excluding hydrogens is 274 g/mol. The van der Waals surface area contributed by atoms with E-state index in [0.29, 0.717) is 11.3 Å². The van der Waals surface area contributed by atoms with Crippen LogP contribution in [0.15, 0.2) is 24.3 Å². The Morgan fingerprint density at radius 1 is 1.38 bits per heavy atom. The molecule has 1 heterocycles. The number of amides is 1. The molecule has 6 heteroatoms. The van der Waals surface area contributed by atoms with Crippen molar-refractivity contribution < 1.29 is 24.2 Å². The van der Waals surface area contributed by atoms with Gasteiger partial charge in [-0.2, -0.15) is 0 Å². The van der Waals surface area contributed by atoms with E-state index in [1.807, 2.05) is 13.8 Å². The first-order valence-electron chi connectivity index (χ1n) is 6.85. The SMILES string of the molecule is CC(C)Oc1cccc(C(=O)NC2COCC2C(=O)O)c1. The lowest BCUT2D eigenvalue weighted by Gasteiger charge is -2.16. The lowest BCUT2D eigenvalue weighted by Crippen LogP contribution is -2.42. The third kappa shape index (κ3) is 3.95. The van der Waals surface area contributed by atoms with E-state index < -0.39 is 17.9 Å². The van der Waals surface area contributed by atoms with Crippen LogP contribution in [0.4, 0.5) is 0 Å². The smallest absolute Gasteiger partial charge is 0.311 e. The molecule has 114 valence electrons. The number of benzene rings is 1. The minimum absolute atomic E-state index is 0.0166. The van der Waals surface area contributed by atoms with Gasteiger partial charge in [-0.3, -0.25) is 9.59 Å². The second kappa shape index (κ2) is 6.58. The van der Waals surface area contributed by atoms with Gasteiger partial charge in [0.15, 0.2) is 0 Å². The van der Waals surface area contributed by atoms with Crippen molar-refractivity contribution in [2.24, 2.45) is 5.92 Å². The van der Waals surface area contributed by atoms with Crippen molar-refractivity contribution in [3.63, 3.8) is 0 Å². The first kappa shape index (κ1) is 15.3. The fourth-order valence-electron chi connectivity index (χ4n) is 2.17. The Morgan fingerprint density at radius 3 is 2.81 bits per heavy atom. The number of ether oxygens (including phenoxy) is 2. The summed E-state index contributed by atoms with van der Waals surface area (Å²) in [5, 5.41) is 11.8. The lowest BCUT2D eigenvalue weighted by atomic mass is 10.0. The molecule has 1 aromatic rings. The van der Waals surface area contributed by atoms with Crippen molar-refractivity contribution >= 4 is 11.9 Å². The molecule has 2 rings (SSSR count). The van der Waals surface area contributed by atoms with E-state index in [2.05, 4.69) is 5.32 Å². The number of carbonyl (C=O) groups is 2. The van der Waals surface area contributed by atoms with Gasteiger partial charge >= 0.3 is 5.97 Å². The Balaban J connectivity index is 2.04. The second-order valence-electron chi connectivity index (χ2n) is 5.26. The highest BCUT2D eigenvalue weighted by molar-refractivity contribution is 5.95. The quantitative estimate of drug-likeness (QED) is 0.855. The summed E-state index contributed by atoms with van der Waals surface area (Å²) in [6.07, 6.45) is 0.0166. The van der Waals surface area contributed by atoms with E-state index >= 15 is 0 Å². The summed E-state index contributed by atoms with van der Waals surface area (Å²) in [5.74, 6) is -1.39. The molecule has 1 aliphatic rings. The second-order valence-corrected chi connectivity index (χ2v) is 5.26. The predicted molar refractivity (Wildman–Crippen MR) is 75.4 cm³/mol. The molecule has 1 amide bonds. The highest BCUT2D eigenvalue weighted by Crippen LogP contribution is 2.17. The van der Waals surface area contributed by atoms with Crippen molar-refractivity contribution in [3.8, 4) is 5.75 Å². The van der Waals surface area contributed by atoms with Crippen LogP contribution >= 0.6 is 0 Å². The number of carbonyl (C=O) groups excluding carboxylic acids is 1. The van der Waals surface area contributed by atoms with Crippen LogP contribution in [0.25, 0.3) is 0 Å². The van der Waals surface area contributed by atoms with Crippen LogP contribution in [-0.4, -0.2) is 42.3 Å². The molecule has 1 saturated heterocycles. The van der Waals surface area contributed by atoms with E-state index in [1.54, 1.807) is 24.3 Å². The van der Waals surface area contributed by atoms with Gasteiger partial charge < -0.3 is 19.9 Å². The zero-order chi connectivity index (χ0) is 15.4. The van der Waals surface area contributed by atoms with Crippen LogP contribution in [-0.2, 0) is 9.53 Å². The maximum Gasteiger partial charge on any atom is 0.311 e. The molecule has 0 aliphatic carbocycles. The summed E-state index contributed by atoms with van der Waals surface area (Å²) in [6, 6.07) is 6.29. The molecule has 0 aromatic heterocycles. The van der Waals surface area contributed by atoms with Crippen molar-refractivity contribution in [2.75, 3.05) is 13.2 Å². The number of aliphatic carboxylic acids is 1. The third-order valence-corrected chi connectivity index (χ3v) is 3.18. The van der Waals surface area contributed by atoms with Gasteiger partial charge in [-0.1, -0.05) is 6.07 Å². The summed E-state index contributed by atoms with van der Waals surface area (Å²) in [7, 11) is 0. The van der Waals surface area contributed by atoms with Crippen LogP contribution in [0, 0.1) is 5.92 Å². The Hall–Kier alpha value is -2.08. The van der Waals surface area contributed by atoms with Gasteiger partial charge in [0.05, 0.1) is 25.4 Å². The molecule has 1 fully saturated rings. The molecule has 2 atom stereocenters. The lowest BCUT2D eigenvalue weighted by molar-refractivity contribution is -0.142. The van der Waals surface area contributed by atoms with Crippen molar-refractivity contribution in [1.82, 2.24) is 5.32 Å². The van der Waals surface area contributed by atoms with Crippen molar-refractivity contribution in [2.45, 2.75) is 26.0 Å². The molecule has 2 N–H and O–H groups in total. The van der Waals surface area contributed by atoms with Crippen molar-refractivity contribution in [1.29, 1.82) is 0 Å². The fraction of sp³-hybridized carbons (Fsp3) is 0.467. The number of nitrogens with one attached hydrogen (secondary N) is 1. The Kier molecular flexibility index (Phi) is 4.80. The summed E-state index contributed by atoms with van der Waals surface area (Å²) >= 11 is 0. The number of hydrogen-bond donors (Lipinski definition) is 2. The zero-order valence-electron chi connectivity index (χ0n) is 12.0. The predicted octanol–water partition coefficient (Wildman–Crippen LogP) is 1.30. The average Bonchev–Trinajstić information content (AvgIpc) is 2.86. The number of rotatable bonds is 5. The molecule has 0 bridgehead atoms. The van der Waals surface area contributed by atoms with Crippen LogP contribution in [0.1, 0.15) is 24.2 Å². The van der Waals surface area contributed by atoms with E-state index in [4.69, 9.17) is 14.6 Å². The normalized spacial score (nSPS) is 21.3. The average molecular weight is 293 g/mol. The fourth-order valence-corrected chi connectivity index (χ4v) is 2.17. The number of carboxylic acid groups (broad SMARTS) is 1. The minimum atomic E-state index is -0.963. The van der Waals surface area contributed by atoms with E-state index in [9.17, 15) is 9.59 Å². The zero-order valence-corrected chi connectivity index (χ0v) is 12.0. The Morgan fingerprint density at radius 2 is 2.14 bits per heavy atom. The monoisotopic (exact) mass is 293 g/mol. The summed E-state index contributed by atoms with van der Waals surface area (Å²) in [5.41, 5.74) is 0.434. The summed E-state index contributed by atoms with van der Waals surface area (Å²) in [6.45, 7) is 4.14. The first-order valence-corrected chi connectivity index (χ1v) is 6.85. The highest BCUT2D eigenvalue weighted by Gasteiger charge is 2.35. The molecule has 6 nitrogen and oxygen atoms in total. The van der Waals surface area contributed by atoms with Gasteiger partial charge in [0, 0.05) is 5.56 Å². The van der Waals surface area contributed by atoms with Gasteiger partial charge in [0.1, 0.15) is 11.7 Å². The van der Waals surface area contributed by atoms with Gasteiger partial charge in [-0.05, 0) is 32.0 Å². The molecule has 1 aliphatic heterocycles. The van der Waals surface area contributed by atoms with Crippen molar-refractivity contribution in [3.05, 3.63) is 29.8 Å². The summed E-state index contributed by atoms with van der Waals surface area (Å²) < 4.78 is 10.7. The maximum absolute atomic E-state index is 12.2. The maximum atomic E-state index is 12.2. The Bertz CT molecular complexity index is 529. The minimum Gasteiger partial charge on any atom is -0.491 e. The topological polar surface area (TPSA) is 84.9 Å². The van der Waals surface area contributed by atoms with Gasteiger partial charge in [0.25, 0.3) is 5.91 Å². The number of carboxylic acids is 1. The molecule has 1 aromatic carbocycles. The molecule has 2 unspecified atom stereocenters. The van der Waals surface area contributed by atoms with Gasteiger partial charge in [0.2, 0.25) is 0 Å². The first-order chi connectivity index (χ1) is 9.97. The Labute approximate surface area is 123 Å². The van der Waals surface area contributed by atoms with Crippen LogP contribution in [0.3, 0.4) is 0 Å². The summed E-state index contributed by atoms with van der Waals surface area (Å²) in [4.78, 5) is 23.2. The molecule has 0 radical (unpaired) electrons. The third-order valence-electron chi connectivity index (χ3n) is 3.18.